The van der Waals surface area contributed by atoms with Gasteiger partial charge >= 0.3 is 5.97 Å². The van der Waals surface area contributed by atoms with E-state index in [0.717, 1.165) is 6.08 Å². The molecule has 0 radical (unpaired) electrons. The van der Waals surface area contributed by atoms with Crippen molar-refractivity contribution in [2.75, 3.05) is 0 Å². The fourth-order valence-corrected chi connectivity index (χ4v) is 2.56. The summed E-state index contributed by atoms with van der Waals surface area (Å²) in [4.78, 5) is 26.8. The average molecular weight is 286 g/mol. The molecule has 3 rings (SSSR count). The van der Waals surface area contributed by atoms with Crippen LogP contribution in [-0.2, 0) is 4.79 Å². The lowest BCUT2D eigenvalue weighted by Gasteiger charge is -2.17. The Hall–Kier alpha value is -2.17. The number of carbonyl (C=O) groups is 2. The third-order valence-corrected chi connectivity index (χ3v) is 3.99. The zero-order valence-electron chi connectivity index (χ0n) is 11.7. The van der Waals surface area contributed by atoms with E-state index in [1.54, 1.807) is 12.1 Å². The highest BCUT2D eigenvalue weighted by atomic mass is 16.4. The Kier molecular flexibility index (Phi) is 3.73. The molecule has 21 heavy (non-hydrogen) atoms. The first-order chi connectivity index (χ1) is 10.1. The summed E-state index contributed by atoms with van der Waals surface area (Å²) in [6, 6.07) is 3.64. The lowest BCUT2D eigenvalue weighted by molar-refractivity contribution is -0.131. The van der Waals surface area contributed by atoms with Crippen molar-refractivity contribution >= 4 is 18.0 Å². The molecule has 1 aromatic heterocycles. The lowest BCUT2D eigenvalue weighted by Crippen LogP contribution is -2.38. The van der Waals surface area contributed by atoms with Crippen LogP contribution in [0.3, 0.4) is 0 Å². The predicted octanol–water partition coefficient (Wildman–Crippen LogP) is 2.10. The van der Waals surface area contributed by atoms with E-state index >= 15 is 0 Å². The molecule has 5 heteroatoms. The molecule has 0 spiro atoms. The van der Waals surface area contributed by atoms with Gasteiger partial charge in [-0.15, -0.1) is 0 Å². The number of pyridine rings is 1. The first-order valence-corrected chi connectivity index (χ1v) is 7.31. The van der Waals surface area contributed by atoms with Gasteiger partial charge in [0.05, 0.1) is 0 Å². The van der Waals surface area contributed by atoms with Gasteiger partial charge in [0.25, 0.3) is 5.91 Å². The van der Waals surface area contributed by atoms with Crippen LogP contribution in [0.15, 0.2) is 24.4 Å². The SMILES string of the molecule is O=C(O)C=Cc1ccc(C(=O)NC(C2CC2)C2CC2)nc1. The summed E-state index contributed by atoms with van der Waals surface area (Å²) in [6.45, 7) is 0. The van der Waals surface area contributed by atoms with Crippen LogP contribution in [0, 0.1) is 11.8 Å². The Morgan fingerprint density at radius 1 is 1.24 bits per heavy atom. The van der Waals surface area contributed by atoms with Crippen molar-refractivity contribution in [1.29, 1.82) is 0 Å². The van der Waals surface area contributed by atoms with E-state index in [1.807, 2.05) is 0 Å². The highest BCUT2D eigenvalue weighted by Gasteiger charge is 2.42. The standard InChI is InChI=1S/C16H18N2O3/c19-14(20)8-2-10-1-7-13(17-9-10)16(21)18-15(11-3-4-11)12-5-6-12/h1-2,7-9,11-12,15H,3-6H2,(H,18,21)(H,19,20). The molecule has 5 nitrogen and oxygen atoms in total. The Labute approximate surface area is 123 Å². The van der Waals surface area contributed by atoms with Gasteiger partial charge in [0.15, 0.2) is 0 Å². The number of hydrogen-bond acceptors (Lipinski definition) is 3. The molecule has 2 saturated carbocycles. The molecule has 0 aliphatic heterocycles. The quantitative estimate of drug-likeness (QED) is 0.785. The van der Waals surface area contributed by atoms with E-state index in [4.69, 9.17) is 5.11 Å². The van der Waals surface area contributed by atoms with Crippen LogP contribution in [0.25, 0.3) is 6.08 Å². The predicted molar refractivity (Wildman–Crippen MR) is 77.6 cm³/mol. The zero-order chi connectivity index (χ0) is 14.8. The van der Waals surface area contributed by atoms with Gasteiger partial charge in [-0.3, -0.25) is 9.78 Å². The summed E-state index contributed by atoms with van der Waals surface area (Å²) in [5.74, 6) is 0.166. The van der Waals surface area contributed by atoms with Crippen LogP contribution in [0.2, 0.25) is 0 Å². The summed E-state index contributed by atoms with van der Waals surface area (Å²) in [6.07, 6.45) is 8.88. The number of carboxylic acid groups (broad SMARTS) is 1. The van der Waals surface area contributed by atoms with E-state index in [1.165, 1.54) is 38.0 Å². The van der Waals surface area contributed by atoms with Crippen molar-refractivity contribution in [2.45, 2.75) is 31.7 Å². The Bertz CT molecular complexity index is 560. The molecule has 1 heterocycles. The molecule has 0 bridgehead atoms. The lowest BCUT2D eigenvalue weighted by atomic mass is 10.1. The van der Waals surface area contributed by atoms with E-state index in [9.17, 15) is 9.59 Å². The van der Waals surface area contributed by atoms with E-state index in [0.29, 0.717) is 29.1 Å². The fraction of sp³-hybridized carbons (Fsp3) is 0.438. The van der Waals surface area contributed by atoms with Crippen LogP contribution in [0.4, 0.5) is 0 Å². The second-order valence-electron chi connectivity index (χ2n) is 5.82. The van der Waals surface area contributed by atoms with E-state index in [-0.39, 0.29) is 5.91 Å². The van der Waals surface area contributed by atoms with Gasteiger partial charge in [0.2, 0.25) is 0 Å². The molecule has 0 unspecified atom stereocenters. The first-order valence-electron chi connectivity index (χ1n) is 7.31. The summed E-state index contributed by atoms with van der Waals surface area (Å²) < 4.78 is 0. The van der Waals surface area contributed by atoms with Crippen LogP contribution < -0.4 is 5.32 Å². The van der Waals surface area contributed by atoms with E-state index in [2.05, 4.69) is 10.3 Å². The molecule has 2 N–H and O–H groups in total. The molecule has 0 saturated heterocycles. The van der Waals surface area contributed by atoms with Crippen molar-refractivity contribution in [3.8, 4) is 0 Å². The van der Waals surface area contributed by atoms with Crippen molar-refractivity contribution < 1.29 is 14.7 Å². The van der Waals surface area contributed by atoms with Gasteiger partial charge in [-0.1, -0.05) is 6.07 Å². The van der Waals surface area contributed by atoms with Crippen LogP contribution in [0.1, 0.15) is 41.7 Å². The topological polar surface area (TPSA) is 79.3 Å². The number of rotatable bonds is 6. The Morgan fingerprint density at radius 2 is 1.90 bits per heavy atom. The smallest absolute Gasteiger partial charge is 0.328 e. The first kappa shape index (κ1) is 13.8. The average Bonchev–Trinajstić information content (AvgIpc) is 3.36. The molecule has 110 valence electrons. The van der Waals surface area contributed by atoms with E-state index < -0.39 is 5.97 Å². The minimum Gasteiger partial charge on any atom is -0.478 e. The minimum absolute atomic E-state index is 0.132. The maximum absolute atomic E-state index is 12.2. The van der Waals surface area contributed by atoms with Crippen LogP contribution >= 0.6 is 0 Å². The molecule has 0 atom stereocenters. The maximum Gasteiger partial charge on any atom is 0.328 e. The third kappa shape index (κ3) is 3.68. The molecule has 1 aromatic rings. The highest BCUT2D eigenvalue weighted by molar-refractivity contribution is 5.92. The maximum atomic E-state index is 12.2. The largest absolute Gasteiger partial charge is 0.478 e. The third-order valence-electron chi connectivity index (χ3n) is 3.99. The van der Waals surface area contributed by atoms with Gasteiger partial charge in [-0.05, 0) is 55.2 Å². The molecule has 2 aliphatic carbocycles. The second kappa shape index (κ2) is 5.68. The minimum atomic E-state index is -1.01. The Morgan fingerprint density at radius 3 is 2.38 bits per heavy atom. The molecule has 0 aromatic carbocycles. The van der Waals surface area contributed by atoms with Gasteiger partial charge in [0.1, 0.15) is 5.69 Å². The van der Waals surface area contributed by atoms with Gasteiger partial charge < -0.3 is 10.4 Å². The number of carbonyl (C=O) groups excluding carboxylic acids is 1. The van der Waals surface area contributed by atoms with Crippen LogP contribution in [0.5, 0.6) is 0 Å². The number of carboxylic acids is 1. The number of amides is 1. The Balaban J connectivity index is 1.62. The van der Waals surface area contributed by atoms with Crippen molar-refractivity contribution in [2.24, 2.45) is 11.8 Å². The summed E-state index contributed by atoms with van der Waals surface area (Å²) in [5.41, 5.74) is 1.05. The molecule has 2 fully saturated rings. The molecule has 1 amide bonds. The number of nitrogens with zero attached hydrogens (tertiary/aromatic N) is 1. The number of aromatic nitrogens is 1. The number of aliphatic carboxylic acids is 1. The van der Waals surface area contributed by atoms with Gasteiger partial charge in [-0.2, -0.15) is 0 Å². The summed E-state index contributed by atoms with van der Waals surface area (Å²) >= 11 is 0. The second-order valence-corrected chi connectivity index (χ2v) is 5.82. The number of hydrogen-bond donors (Lipinski definition) is 2. The van der Waals surface area contributed by atoms with Gasteiger partial charge in [0, 0.05) is 18.3 Å². The monoisotopic (exact) mass is 286 g/mol. The van der Waals surface area contributed by atoms with Crippen molar-refractivity contribution in [1.82, 2.24) is 10.3 Å². The molecular weight excluding hydrogens is 268 g/mol. The van der Waals surface area contributed by atoms with Crippen LogP contribution in [-0.4, -0.2) is 28.0 Å². The fourth-order valence-electron chi connectivity index (χ4n) is 2.56. The molecular formula is C16H18N2O3. The molecule has 2 aliphatic rings. The highest BCUT2D eigenvalue weighted by Crippen LogP contribution is 2.44. The number of nitrogens with one attached hydrogen (secondary N) is 1. The zero-order valence-corrected chi connectivity index (χ0v) is 11.7. The van der Waals surface area contributed by atoms with Gasteiger partial charge in [-0.25, -0.2) is 4.79 Å². The summed E-state index contributed by atoms with van der Waals surface area (Å²) in [7, 11) is 0. The van der Waals surface area contributed by atoms with Crippen molar-refractivity contribution in [3.05, 3.63) is 35.7 Å². The summed E-state index contributed by atoms with van der Waals surface area (Å²) in [5, 5.41) is 11.7. The normalized spacial score (nSPS) is 18.1. The van der Waals surface area contributed by atoms with Crippen molar-refractivity contribution in [3.63, 3.8) is 0 Å².